The fraction of sp³-hybridized carbons (Fsp3) is 0.160. The molecule has 0 N–H and O–H groups in total. The van der Waals surface area contributed by atoms with Crippen LogP contribution in [-0.2, 0) is 0 Å². The summed E-state index contributed by atoms with van der Waals surface area (Å²) in [4.78, 5) is 26.6. The van der Waals surface area contributed by atoms with Crippen molar-refractivity contribution in [3.8, 4) is 11.3 Å². The lowest BCUT2D eigenvalue weighted by Crippen LogP contribution is -2.49. The molecule has 1 amide bonds. The largest absolute Gasteiger partial charge is 0.337 e. The second-order valence-electron chi connectivity index (χ2n) is 7.54. The molecule has 1 aromatic heterocycles. The number of rotatable bonds is 3. The Hall–Kier alpha value is -3.44. The number of nitrogens with zero attached hydrogens (tertiary/aromatic N) is 4. The van der Waals surface area contributed by atoms with E-state index in [-0.39, 0.29) is 5.91 Å². The third-order valence-electron chi connectivity index (χ3n) is 5.58. The number of amides is 1. The Morgan fingerprint density at radius 3 is 2.19 bits per heavy atom. The van der Waals surface area contributed by atoms with E-state index in [2.05, 4.69) is 23.1 Å². The summed E-state index contributed by atoms with van der Waals surface area (Å²) in [6, 6.07) is 25.3. The number of halogens is 1. The number of carbonyl (C=O) groups excluding carboxylic acids is 1. The first-order valence-electron chi connectivity index (χ1n) is 10.3. The summed E-state index contributed by atoms with van der Waals surface area (Å²) in [7, 11) is 0. The number of benzene rings is 3. The number of hydrogen-bond donors (Lipinski definition) is 0. The highest BCUT2D eigenvalue weighted by atomic mass is 35.5. The van der Waals surface area contributed by atoms with E-state index in [0.717, 1.165) is 22.2 Å². The van der Waals surface area contributed by atoms with Gasteiger partial charge in [0.2, 0.25) is 5.95 Å². The third-order valence-corrected chi connectivity index (χ3v) is 5.83. The molecule has 5 nitrogen and oxygen atoms in total. The summed E-state index contributed by atoms with van der Waals surface area (Å²) >= 11 is 5.94. The topological polar surface area (TPSA) is 49.3 Å². The number of hydrogen-bond acceptors (Lipinski definition) is 4. The Bertz CT molecular complexity index is 1220. The average Bonchev–Trinajstić information content (AvgIpc) is 2.84. The van der Waals surface area contributed by atoms with Crippen LogP contribution in [0.3, 0.4) is 0 Å². The molecule has 3 aromatic carbocycles. The molecule has 0 aliphatic carbocycles. The number of fused-ring (bicyclic) bond motifs is 1. The maximum atomic E-state index is 12.8. The van der Waals surface area contributed by atoms with Gasteiger partial charge >= 0.3 is 0 Å². The second kappa shape index (κ2) is 8.36. The zero-order valence-electron chi connectivity index (χ0n) is 16.9. The molecule has 1 aliphatic heterocycles. The van der Waals surface area contributed by atoms with Gasteiger partial charge in [-0.1, -0.05) is 60.1 Å². The molecule has 31 heavy (non-hydrogen) atoms. The summed E-state index contributed by atoms with van der Waals surface area (Å²) < 4.78 is 0. The highest BCUT2D eigenvalue weighted by Gasteiger charge is 2.24. The number of aromatic nitrogens is 2. The van der Waals surface area contributed by atoms with E-state index < -0.39 is 0 Å². The fourth-order valence-corrected chi connectivity index (χ4v) is 4.03. The first-order chi connectivity index (χ1) is 15.2. The standard InChI is InChI=1S/C25H21ClN4O/c26-20-12-10-19(11-13-20)24(31)29-14-16-30(17-15-29)25-27-22-9-5-4-8-21(22)23(28-25)18-6-2-1-3-7-18/h1-13H,14-17H2. The van der Waals surface area contributed by atoms with Crippen molar-refractivity contribution in [1.82, 2.24) is 14.9 Å². The molecular weight excluding hydrogens is 408 g/mol. The van der Waals surface area contributed by atoms with Crippen LogP contribution in [0.1, 0.15) is 10.4 Å². The van der Waals surface area contributed by atoms with E-state index in [1.165, 1.54) is 0 Å². The van der Waals surface area contributed by atoms with Crippen LogP contribution < -0.4 is 4.90 Å². The number of para-hydroxylation sites is 1. The highest BCUT2D eigenvalue weighted by molar-refractivity contribution is 6.30. The zero-order valence-corrected chi connectivity index (χ0v) is 17.7. The highest BCUT2D eigenvalue weighted by Crippen LogP contribution is 2.28. The summed E-state index contributed by atoms with van der Waals surface area (Å²) in [5.41, 5.74) is 3.58. The molecule has 0 spiro atoms. The van der Waals surface area contributed by atoms with Gasteiger partial charge in [-0.05, 0) is 30.3 Å². The van der Waals surface area contributed by atoms with Crippen molar-refractivity contribution in [3.05, 3.63) is 89.4 Å². The molecule has 6 heteroatoms. The summed E-state index contributed by atoms with van der Waals surface area (Å²) in [5.74, 6) is 0.733. The minimum absolute atomic E-state index is 0.0284. The second-order valence-corrected chi connectivity index (χ2v) is 7.98. The van der Waals surface area contributed by atoms with Gasteiger partial charge in [0.15, 0.2) is 0 Å². The molecule has 5 rings (SSSR count). The van der Waals surface area contributed by atoms with E-state index in [1.807, 2.05) is 41.3 Å². The molecule has 0 atom stereocenters. The fourth-order valence-electron chi connectivity index (χ4n) is 3.91. The predicted octanol–water partition coefficient (Wildman–Crippen LogP) is 4.91. The van der Waals surface area contributed by atoms with Gasteiger partial charge in [0.05, 0.1) is 11.2 Å². The predicted molar refractivity (Wildman–Crippen MR) is 125 cm³/mol. The van der Waals surface area contributed by atoms with E-state index in [9.17, 15) is 4.79 Å². The molecule has 4 aromatic rings. The van der Waals surface area contributed by atoms with Gasteiger partial charge in [0, 0.05) is 47.7 Å². The van der Waals surface area contributed by atoms with Gasteiger partial charge in [0.25, 0.3) is 5.91 Å². The zero-order chi connectivity index (χ0) is 21.2. The molecule has 1 fully saturated rings. The quantitative estimate of drug-likeness (QED) is 0.465. The van der Waals surface area contributed by atoms with Crippen LogP contribution in [0.15, 0.2) is 78.9 Å². The molecule has 1 aliphatic rings. The van der Waals surface area contributed by atoms with Gasteiger partial charge in [-0.25, -0.2) is 9.97 Å². The lowest BCUT2D eigenvalue weighted by molar-refractivity contribution is 0.0746. The van der Waals surface area contributed by atoms with Gasteiger partial charge in [-0.15, -0.1) is 0 Å². The van der Waals surface area contributed by atoms with Crippen LogP contribution >= 0.6 is 11.6 Å². The van der Waals surface area contributed by atoms with Crippen LogP contribution in [0.25, 0.3) is 22.2 Å². The Morgan fingerprint density at radius 1 is 0.774 bits per heavy atom. The summed E-state index contributed by atoms with van der Waals surface area (Å²) in [6.45, 7) is 2.62. The van der Waals surface area contributed by atoms with Crippen LogP contribution in [0.5, 0.6) is 0 Å². The first-order valence-corrected chi connectivity index (χ1v) is 10.7. The van der Waals surface area contributed by atoms with Gasteiger partial charge in [-0.2, -0.15) is 0 Å². The third kappa shape index (κ3) is 3.97. The minimum Gasteiger partial charge on any atom is -0.337 e. The minimum atomic E-state index is 0.0284. The number of anilines is 1. The molecule has 154 valence electrons. The Kier molecular flexibility index (Phi) is 5.26. The van der Waals surface area contributed by atoms with Crippen LogP contribution in [-0.4, -0.2) is 47.0 Å². The van der Waals surface area contributed by atoms with E-state index in [1.54, 1.807) is 24.3 Å². The van der Waals surface area contributed by atoms with Crippen molar-refractivity contribution < 1.29 is 4.79 Å². The lowest BCUT2D eigenvalue weighted by Gasteiger charge is -2.35. The summed E-state index contributed by atoms with van der Waals surface area (Å²) in [5, 5.41) is 1.66. The smallest absolute Gasteiger partial charge is 0.253 e. The monoisotopic (exact) mass is 428 g/mol. The normalized spacial score (nSPS) is 14.1. The van der Waals surface area contributed by atoms with Crippen molar-refractivity contribution in [2.75, 3.05) is 31.1 Å². The molecule has 0 unspecified atom stereocenters. The summed E-state index contributed by atoms with van der Waals surface area (Å²) in [6.07, 6.45) is 0. The molecule has 0 radical (unpaired) electrons. The van der Waals surface area contributed by atoms with Crippen molar-refractivity contribution >= 4 is 34.4 Å². The lowest BCUT2D eigenvalue weighted by atomic mass is 10.1. The van der Waals surface area contributed by atoms with Crippen LogP contribution in [0.4, 0.5) is 5.95 Å². The van der Waals surface area contributed by atoms with Gasteiger partial charge < -0.3 is 9.80 Å². The van der Waals surface area contributed by atoms with E-state index in [4.69, 9.17) is 21.6 Å². The number of piperazine rings is 1. The van der Waals surface area contributed by atoms with Crippen molar-refractivity contribution in [2.24, 2.45) is 0 Å². The molecule has 1 saturated heterocycles. The van der Waals surface area contributed by atoms with Crippen LogP contribution in [0.2, 0.25) is 5.02 Å². The molecule has 0 saturated carbocycles. The molecular formula is C25H21ClN4O. The average molecular weight is 429 g/mol. The molecule has 2 heterocycles. The van der Waals surface area contributed by atoms with E-state index in [0.29, 0.717) is 42.7 Å². The molecule has 0 bridgehead atoms. The number of carbonyl (C=O) groups is 1. The van der Waals surface area contributed by atoms with Crippen LogP contribution in [0, 0.1) is 0 Å². The SMILES string of the molecule is O=C(c1ccc(Cl)cc1)N1CCN(c2nc(-c3ccccc3)c3ccccc3n2)CC1. The Balaban J connectivity index is 1.40. The Morgan fingerprint density at radius 2 is 1.45 bits per heavy atom. The van der Waals surface area contributed by atoms with Gasteiger partial charge in [0.1, 0.15) is 0 Å². The maximum absolute atomic E-state index is 12.8. The first kappa shape index (κ1) is 19.5. The van der Waals surface area contributed by atoms with Crippen molar-refractivity contribution in [1.29, 1.82) is 0 Å². The van der Waals surface area contributed by atoms with E-state index >= 15 is 0 Å². The van der Waals surface area contributed by atoms with Gasteiger partial charge in [-0.3, -0.25) is 4.79 Å². The Labute approximate surface area is 185 Å². The maximum Gasteiger partial charge on any atom is 0.253 e. The van der Waals surface area contributed by atoms with Crippen molar-refractivity contribution in [2.45, 2.75) is 0 Å². The van der Waals surface area contributed by atoms with Crippen molar-refractivity contribution in [3.63, 3.8) is 0 Å².